The largest absolute Gasteiger partial charge is 0.417 e. The van der Waals surface area contributed by atoms with E-state index in [-0.39, 0.29) is 13.5 Å². The van der Waals surface area contributed by atoms with Crippen molar-refractivity contribution in [2.45, 2.75) is 11.1 Å². The highest BCUT2D eigenvalue weighted by Gasteiger charge is 2.36. The Morgan fingerprint density at radius 3 is 1.73 bits per heavy atom. The molecule has 5 rings (SSSR count). The van der Waals surface area contributed by atoms with E-state index in [2.05, 4.69) is 72.8 Å². The Hall–Kier alpha value is -3.07. The molecule has 0 unspecified atom stereocenters. The van der Waals surface area contributed by atoms with Gasteiger partial charge in [-0.25, -0.2) is 0 Å². The van der Waals surface area contributed by atoms with Crippen molar-refractivity contribution in [1.82, 2.24) is 0 Å². The molecule has 1 aliphatic rings. The predicted octanol–water partition coefficient (Wildman–Crippen LogP) is 7.07. The zero-order chi connectivity index (χ0) is 22.9. The summed E-state index contributed by atoms with van der Waals surface area (Å²) in [5.74, 6) is 0. The molecule has 0 spiro atoms. The topological polar surface area (TPSA) is 54.4 Å². The van der Waals surface area contributed by atoms with Crippen LogP contribution in [0.1, 0.15) is 5.56 Å². The first-order valence-electron chi connectivity index (χ1n) is 9.60. The molecule has 3 nitrogen and oxygen atoms in total. The third kappa shape index (κ3) is 4.98. The van der Waals surface area contributed by atoms with E-state index in [1.807, 2.05) is 0 Å². The maximum absolute atomic E-state index is 12.2. The van der Waals surface area contributed by atoms with E-state index < -0.39 is 26.8 Å². The molecule has 0 aromatic heterocycles. The Kier molecular flexibility index (Phi) is 7.02. The van der Waals surface area contributed by atoms with Crippen LogP contribution in [-0.2, 0) is 16.3 Å². The van der Waals surface area contributed by atoms with Gasteiger partial charge in [0.1, 0.15) is 4.90 Å². The van der Waals surface area contributed by atoms with Crippen molar-refractivity contribution in [2.24, 2.45) is 0 Å². The van der Waals surface area contributed by atoms with Crippen LogP contribution < -0.4 is 0 Å². The normalized spacial score (nSPS) is 11.6. The second kappa shape index (κ2) is 9.43. The van der Waals surface area contributed by atoms with Gasteiger partial charge in [0.25, 0.3) is 10.1 Å². The minimum absolute atomic E-state index is 0. The maximum Gasteiger partial charge on any atom is 0.417 e. The smallest absolute Gasteiger partial charge is 0.282 e. The van der Waals surface area contributed by atoms with Crippen LogP contribution in [0.4, 0.5) is 13.2 Å². The fourth-order valence-electron chi connectivity index (χ4n) is 3.72. The Labute approximate surface area is 196 Å². The average Bonchev–Trinajstić information content (AvgIpc) is 2.77. The lowest BCUT2D eigenvalue weighted by Crippen LogP contribution is -2.12. The lowest BCUT2D eigenvalue weighted by molar-refractivity contribution is -0.140. The molecule has 0 atom stereocenters. The van der Waals surface area contributed by atoms with E-state index in [0.717, 1.165) is 12.1 Å². The Bertz CT molecular complexity index is 1370. The number of alkyl halides is 3. The fraction of sp³-hybridized carbons (Fsp3) is 0.0400. The number of hydrogen-bond acceptors (Lipinski definition) is 2. The summed E-state index contributed by atoms with van der Waals surface area (Å²) in [6, 6.07) is 29.2. The number of benzene rings is 4. The molecular formula is C25H19F3O3S2. The van der Waals surface area contributed by atoms with E-state index in [0.29, 0.717) is 12.1 Å². The molecule has 0 fully saturated rings. The number of halogens is 3. The van der Waals surface area contributed by atoms with Crippen molar-refractivity contribution in [3.8, 4) is 33.4 Å². The summed E-state index contributed by atoms with van der Waals surface area (Å²) in [6.45, 7) is 0. The second-order valence-electron chi connectivity index (χ2n) is 7.11. The highest BCUT2D eigenvalue weighted by molar-refractivity contribution is 7.85. The standard InChI is InChI=1S/C18H12.C7H5F3O3S.H2S/c1-2-7-13(8-3-1)14-11-6-12-17-15-9-4-5-10-16(15)18(14)17;8-7(9,10)5-3-1-2-4-6(5)14(11,12)13;/h1-12H;1-4H,(H,11,12,13);1H2. The summed E-state index contributed by atoms with van der Waals surface area (Å²) in [5, 5.41) is 0. The van der Waals surface area contributed by atoms with Gasteiger partial charge in [0.05, 0.1) is 5.56 Å². The molecule has 0 bridgehead atoms. The van der Waals surface area contributed by atoms with Gasteiger partial charge in [0.15, 0.2) is 0 Å². The van der Waals surface area contributed by atoms with Gasteiger partial charge in [0, 0.05) is 0 Å². The molecule has 1 N–H and O–H groups in total. The molecule has 4 aromatic rings. The molecular weight excluding hydrogens is 469 g/mol. The van der Waals surface area contributed by atoms with Crippen molar-refractivity contribution in [2.75, 3.05) is 0 Å². The number of rotatable bonds is 2. The zero-order valence-corrected chi connectivity index (χ0v) is 18.9. The molecule has 0 amide bonds. The van der Waals surface area contributed by atoms with Gasteiger partial charge in [-0.3, -0.25) is 4.55 Å². The molecule has 8 heteroatoms. The summed E-state index contributed by atoms with van der Waals surface area (Å²) < 4.78 is 66.2. The van der Waals surface area contributed by atoms with E-state index >= 15 is 0 Å². The summed E-state index contributed by atoms with van der Waals surface area (Å²) >= 11 is 0. The van der Waals surface area contributed by atoms with E-state index in [1.165, 1.54) is 33.4 Å². The summed E-state index contributed by atoms with van der Waals surface area (Å²) in [5.41, 5.74) is 6.81. The van der Waals surface area contributed by atoms with Crippen LogP contribution in [0, 0.1) is 0 Å². The molecule has 170 valence electrons. The van der Waals surface area contributed by atoms with Crippen LogP contribution in [0.5, 0.6) is 0 Å². The van der Waals surface area contributed by atoms with Crippen LogP contribution in [0.2, 0.25) is 0 Å². The van der Waals surface area contributed by atoms with Crippen molar-refractivity contribution in [3.05, 3.63) is 103 Å². The van der Waals surface area contributed by atoms with Gasteiger partial charge in [-0.05, 0) is 45.5 Å². The summed E-state index contributed by atoms with van der Waals surface area (Å²) in [6.07, 6.45) is -4.80. The van der Waals surface area contributed by atoms with Gasteiger partial charge in [-0.15, -0.1) is 0 Å². The molecule has 0 radical (unpaired) electrons. The first-order chi connectivity index (χ1) is 15.2. The Balaban J connectivity index is 0.000000187. The fourth-order valence-corrected chi connectivity index (χ4v) is 4.44. The molecule has 0 saturated carbocycles. The molecule has 0 saturated heterocycles. The van der Waals surface area contributed by atoms with Crippen LogP contribution in [0.25, 0.3) is 33.4 Å². The van der Waals surface area contributed by atoms with Crippen LogP contribution in [0.3, 0.4) is 0 Å². The van der Waals surface area contributed by atoms with Crippen molar-refractivity contribution >= 4 is 23.6 Å². The van der Waals surface area contributed by atoms with Crippen LogP contribution in [-0.4, -0.2) is 13.0 Å². The highest BCUT2D eigenvalue weighted by Crippen LogP contribution is 2.51. The summed E-state index contributed by atoms with van der Waals surface area (Å²) in [7, 11) is -4.84. The van der Waals surface area contributed by atoms with Gasteiger partial charge in [-0.1, -0.05) is 84.9 Å². The SMILES string of the molecule is O=S(=O)(O)c1ccccc1C(F)(F)F.S.c1ccc(-c2cccc3c2-c2ccccc2-3)cc1. The van der Waals surface area contributed by atoms with Crippen LogP contribution in [0.15, 0.2) is 102 Å². The van der Waals surface area contributed by atoms with E-state index in [9.17, 15) is 21.6 Å². The van der Waals surface area contributed by atoms with Crippen molar-refractivity contribution in [1.29, 1.82) is 0 Å². The monoisotopic (exact) mass is 488 g/mol. The first kappa shape index (κ1) is 24.6. The number of hydrogen-bond donors (Lipinski definition) is 1. The third-order valence-electron chi connectivity index (χ3n) is 5.11. The van der Waals surface area contributed by atoms with Gasteiger partial charge in [-0.2, -0.15) is 35.1 Å². The minimum atomic E-state index is -4.84. The lowest BCUT2D eigenvalue weighted by atomic mass is 9.77. The molecule has 33 heavy (non-hydrogen) atoms. The van der Waals surface area contributed by atoms with Crippen molar-refractivity contribution in [3.63, 3.8) is 0 Å². The molecule has 0 heterocycles. The predicted molar refractivity (Wildman–Crippen MR) is 128 cm³/mol. The summed E-state index contributed by atoms with van der Waals surface area (Å²) in [4.78, 5) is -1.13. The van der Waals surface area contributed by atoms with Gasteiger partial charge in [0.2, 0.25) is 0 Å². The third-order valence-corrected chi connectivity index (χ3v) is 6.02. The minimum Gasteiger partial charge on any atom is -0.282 e. The van der Waals surface area contributed by atoms with E-state index in [4.69, 9.17) is 4.55 Å². The molecule has 1 aliphatic carbocycles. The zero-order valence-electron chi connectivity index (χ0n) is 17.0. The quantitative estimate of drug-likeness (QED) is 0.271. The van der Waals surface area contributed by atoms with Crippen LogP contribution >= 0.6 is 13.5 Å². The number of fused-ring (bicyclic) bond motifs is 4. The molecule has 0 aliphatic heterocycles. The Morgan fingerprint density at radius 2 is 1.12 bits per heavy atom. The molecule has 4 aromatic carbocycles. The highest BCUT2D eigenvalue weighted by atomic mass is 32.2. The van der Waals surface area contributed by atoms with E-state index in [1.54, 1.807) is 0 Å². The van der Waals surface area contributed by atoms with Crippen molar-refractivity contribution < 1.29 is 26.1 Å². The Morgan fingerprint density at radius 1 is 0.606 bits per heavy atom. The lowest BCUT2D eigenvalue weighted by Gasteiger charge is -2.26. The first-order valence-corrected chi connectivity index (χ1v) is 11.0. The maximum atomic E-state index is 12.2. The van der Waals surface area contributed by atoms with Gasteiger partial charge < -0.3 is 0 Å². The second-order valence-corrected chi connectivity index (χ2v) is 8.50. The van der Waals surface area contributed by atoms with Gasteiger partial charge >= 0.3 is 6.18 Å². The average molecular weight is 489 g/mol.